The molecular formula is C15H15ClFNO. The second-order valence-corrected chi connectivity index (χ2v) is 4.22. The lowest BCUT2D eigenvalue weighted by Crippen LogP contribution is -2.12. The van der Waals surface area contributed by atoms with Crippen molar-refractivity contribution in [1.82, 2.24) is 0 Å². The zero-order valence-corrected chi connectivity index (χ0v) is 11.3. The largest absolute Gasteiger partial charge is 0.324 e. The maximum atomic E-state index is 13.1. The van der Waals surface area contributed by atoms with Crippen LogP contribution in [0.25, 0.3) is 0 Å². The Balaban J connectivity index is 0.00000180. The van der Waals surface area contributed by atoms with Crippen LogP contribution in [0.2, 0.25) is 0 Å². The molecule has 0 amide bonds. The van der Waals surface area contributed by atoms with Gasteiger partial charge < -0.3 is 5.73 Å². The second kappa shape index (κ2) is 6.45. The van der Waals surface area contributed by atoms with Gasteiger partial charge in [0.2, 0.25) is 0 Å². The highest BCUT2D eigenvalue weighted by Crippen LogP contribution is 2.19. The lowest BCUT2D eigenvalue weighted by Gasteiger charge is -2.11. The van der Waals surface area contributed by atoms with E-state index in [9.17, 15) is 9.18 Å². The molecule has 0 saturated carbocycles. The molecule has 0 spiro atoms. The molecule has 4 heteroatoms. The van der Waals surface area contributed by atoms with Crippen LogP contribution in [0.1, 0.15) is 34.5 Å². The quantitative estimate of drug-likeness (QED) is 0.874. The highest BCUT2D eigenvalue weighted by molar-refractivity contribution is 6.10. The van der Waals surface area contributed by atoms with Gasteiger partial charge in [-0.25, -0.2) is 4.39 Å². The zero-order chi connectivity index (χ0) is 13.1. The number of carbonyl (C=O) groups is 1. The van der Waals surface area contributed by atoms with Crippen LogP contribution in [0.3, 0.4) is 0 Å². The van der Waals surface area contributed by atoms with E-state index < -0.39 is 5.82 Å². The van der Waals surface area contributed by atoms with E-state index in [0.29, 0.717) is 11.1 Å². The van der Waals surface area contributed by atoms with Crippen molar-refractivity contribution in [2.24, 2.45) is 5.73 Å². The van der Waals surface area contributed by atoms with Gasteiger partial charge in [-0.15, -0.1) is 12.4 Å². The van der Waals surface area contributed by atoms with E-state index in [0.717, 1.165) is 5.56 Å². The summed E-state index contributed by atoms with van der Waals surface area (Å²) in [6, 6.07) is 12.6. The Bertz CT molecular complexity index is 584. The third-order valence-electron chi connectivity index (χ3n) is 2.78. The van der Waals surface area contributed by atoms with Crippen molar-refractivity contribution < 1.29 is 9.18 Å². The van der Waals surface area contributed by atoms with Gasteiger partial charge in [-0.2, -0.15) is 0 Å². The third kappa shape index (κ3) is 3.40. The van der Waals surface area contributed by atoms with Crippen LogP contribution in [0.5, 0.6) is 0 Å². The van der Waals surface area contributed by atoms with E-state index in [4.69, 9.17) is 5.73 Å². The molecule has 1 atom stereocenters. The molecule has 2 nitrogen and oxygen atoms in total. The molecule has 0 aromatic heterocycles. The minimum absolute atomic E-state index is 0. The van der Waals surface area contributed by atoms with Crippen molar-refractivity contribution in [2.75, 3.05) is 0 Å². The van der Waals surface area contributed by atoms with E-state index in [1.54, 1.807) is 18.2 Å². The predicted molar refractivity (Wildman–Crippen MR) is 76.1 cm³/mol. The van der Waals surface area contributed by atoms with Gasteiger partial charge in [0.25, 0.3) is 0 Å². The fourth-order valence-electron chi connectivity index (χ4n) is 1.89. The molecule has 0 aliphatic heterocycles. The number of hydrogen-bond acceptors (Lipinski definition) is 2. The number of ketones is 1. The van der Waals surface area contributed by atoms with Crippen molar-refractivity contribution >= 4 is 18.2 Å². The molecule has 2 rings (SSSR count). The molecule has 0 radical (unpaired) electrons. The molecule has 0 bridgehead atoms. The molecule has 2 aromatic carbocycles. The van der Waals surface area contributed by atoms with Gasteiger partial charge in [0.05, 0.1) is 0 Å². The molecule has 0 aliphatic carbocycles. The molecule has 2 aromatic rings. The normalized spacial score (nSPS) is 11.5. The summed E-state index contributed by atoms with van der Waals surface area (Å²) in [6.07, 6.45) is 0. The van der Waals surface area contributed by atoms with Crippen LogP contribution < -0.4 is 5.73 Å². The van der Waals surface area contributed by atoms with Gasteiger partial charge in [-0.3, -0.25) is 4.79 Å². The molecule has 0 fully saturated rings. The Morgan fingerprint density at radius 2 is 1.84 bits per heavy atom. The Morgan fingerprint density at radius 3 is 2.47 bits per heavy atom. The van der Waals surface area contributed by atoms with Crippen LogP contribution in [0.4, 0.5) is 4.39 Å². The maximum Gasteiger partial charge on any atom is 0.193 e. The van der Waals surface area contributed by atoms with Crippen molar-refractivity contribution in [3.63, 3.8) is 0 Å². The van der Waals surface area contributed by atoms with E-state index in [1.165, 1.54) is 18.2 Å². The average molecular weight is 280 g/mol. The SMILES string of the molecule is C[C@@H](N)c1ccccc1C(=O)c1cccc(F)c1.Cl. The van der Waals surface area contributed by atoms with E-state index in [-0.39, 0.29) is 24.2 Å². The monoisotopic (exact) mass is 279 g/mol. The van der Waals surface area contributed by atoms with Crippen molar-refractivity contribution in [3.8, 4) is 0 Å². The first-order chi connectivity index (χ1) is 8.59. The minimum Gasteiger partial charge on any atom is -0.324 e. The summed E-state index contributed by atoms with van der Waals surface area (Å²) in [5.41, 5.74) is 7.47. The fourth-order valence-corrected chi connectivity index (χ4v) is 1.89. The molecule has 2 N–H and O–H groups in total. The van der Waals surface area contributed by atoms with Crippen molar-refractivity contribution in [1.29, 1.82) is 0 Å². The summed E-state index contributed by atoms with van der Waals surface area (Å²) >= 11 is 0. The van der Waals surface area contributed by atoms with Gasteiger partial charge in [0.1, 0.15) is 5.82 Å². The van der Waals surface area contributed by atoms with Crippen LogP contribution in [0.15, 0.2) is 48.5 Å². The summed E-state index contributed by atoms with van der Waals surface area (Å²) in [5, 5.41) is 0. The first-order valence-corrected chi connectivity index (χ1v) is 5.74. The van der Waals surface area contributed by atoms with E-state index in [1.807, 2.05) is 19.1 Å². The lowest BCUT2D eigenvalue weighted by molar-refractivity contribution is 0.103. The predicted octanol–water partition coefficient (Wildman–Crippen LogP) is 3.50. The lowest BCUT2D eigenvalue weighted by atomic mass is 9.95. The van der Waals surface area contributed by atoms with Gasteiger partial charge in [-0.05, 0) is 24.6 Å². The van der Waals surface area contributed by atoms with Crippen LogP contribution in [-0.4, -0.2) is 5.78 Å². The summed E-state index contributed by atoms with van der Waals surface area (Å²) < 4.78 is 13.1. The Kier molecular flexibility index (Phi) is 5.21. The van der Waals surface area contributed by atoms with Gasteiger partial charge >= 0.3 is 0 Å². The number of nitrogens with two attached hydrogens (primary N) is 1. The van der Waals surface area contributed by atoms with E-state index >= 15 is 0 Å². The highest BCUT2D eigenvalue weighted by atomic mass is 35.5. The number of rotatable bonds is 3. The number of halogens is 2. The Hall–Kier alpha value is -1.71. The van der Waals surface area contributed by atoms with Crippen LogP contribution in [0, 0.1) is 5.82 Å². The molecule has 100 valence electrons. The number of hydrogen-bond donors (Lipinski definition) is 1. The fraction of sp³-hybridized carbons (Fsp3) is 0.133. The van der Waals surface area contributed by atoms with Gasteiger partial charge in [0.15, 0.2) is 5.78 Å². The first-order valence-electron chi connectivity index (χ1n) is 5.74. The van der Waals surface area contributed by atoms with E-state index in [2.05, 4.69) is 0 Å². The average Bonchev–Trinajstić information content (AvgIpc) is 2.38. The zero-order valence-electron chi connectivity index (χ0n) is 10.5. The number of benzene rings is 2. The summed E-state index contributed by atoms with van der Waals surface area (Å²) in [6.45, 7) is 1.82. The van der Waals surface area contributed by atoms with Crippen molar-refractivity contribution in [2.45, 2.75) is 13.0 Å². The highest BCUT2D eigenvalue weighted by Gasteiger charge is 2.15. The Labute approximate surface area is 117 Å². The molecule has 0 saturated heterocycles. The molecular weight excluding hydrogens is 265 g/mol. The van der Waals surface area contributed by atoms with Crippen LogP contribution >= 0.6 is 12.4 Å². The van der Waals surface area contributed by atoms with Gasteiger partial charge in [0, 0.05) is 17.2 Å². The minimum atomic E-state index is -0.417. The number of carbonyl (C=O) groups excluding carboxylic acids is 1. The standard InChI is InChI=1S/C15H14FNO.ClH/c1-10(17)13-7-2-3-8-14(13)15(18)11-5-4-6-12(16)9-11;/h2-10H,17H2,1H3;1H/t10-;/m1./s1. The molecule has 0 aliphatic rings. The molecule has 0 heterocycles. The third-order valence-corrected chi connectivity index (χ3v) is 2.78. The molecule has 0 unspecified atom stereocenters. The first kappa shape index (κ1) is 15.3. The maximum absolute atomic E-state index is 13.1. The van der Waals surface area contributed by atoms with Crippen molar-refractivity contribution in [3.05, 3.63) is 71.0 Å². The summed E-state index contributed by atoms with van der Waals surface area (Å²) in [4.78, 5) is 12.3. The van der Waals surface area contributed by atoms with Crippen LogP contribution in [-0.2, 0) is 0 Å². The molecule has 19 heavy (non-hydrogen) atoms. The van der Waals surface area contributed by atoms with Gasteiger partial charge in [-0.1, -0.05) is 36.4 Å². The Morgan fingerprint density at radius 1 is 1.16 bits per heavy atom. The smallest absolute Gasteiger partial charge is 0.193 e. The summed E-state index contributed by atoms with van der Waals surface area (Å²) in [7, 11) is 0. The topological polar surface area (TPSA) is 43.1 Å². The second-order valence-electron chi connectivity index (χ2n) is 4.22. The summed E-state index contributed by atoms with van der Waals surface area (Å²) in [5.74, 6) is -0.624.